The number of ether oxygens (including phenoxy) is 1. The lowest BCUT2D eigenvalue weighted by Crippen LogP contribution is -2.49. The molecule has 5 nitrogen and oxygen atoms in total. The van der Waals surface area contributed by atoms with E-state index in [0.717, 1.165) is 38.2 Å². The highest BCUT2D eigenvalue weighted by molar-refractivity contribution is 5.79. The van der Waals surface area contributed by atoms with Gasteiger partial charge in [-0.2, -0.15) is 0 Å². The van der Waals surface area contributed by atoms with Crippen molar-refractivity contribution in [2.45, 2.75) is 52.5 Å². The molecule has 1 fully saturated rings. The Hall–Kier alpha value is -0.810. The Morgan fingerprint density at radius 1 is 1.14 bits per heavy atom. The fraction of sp³-hybridized carbons (Fsp3) is 0.941. The third-order valence-electron chi connectivity index (χ3n) is 4.65. The van der Waals surface area contributed by atoms with Crippen molar-refractivity contribution >= 4 is 5.96 Å². The van der Waals surface area contributed by atoms with E-state index in [1.54, 1.807) is 0 Å². The lowest BCUT2D eigenvalue weighted by atomic mass is 9.93. The molecular formula is C17H36N4O. The van der Waals surface area contributed by atoms with Gasteiger partial charge in [-0.3, -0.25) is 9.89 Å². The summed E-state index contributed by atoms with van der Waals surface area (Å²) in [6, 6.07) is 0.614. The summed E-state index contributed by atoms with van der Waals surface area (Å²) in [6.45, 7) is 12.4. The van der Waals surface area contributed by atoms with Gasteiger partial charge in [0.2, 0.25) is 0 Å². The van der Waals surface area contributed by atoms with Gasteiger partial charge in [0, 0.05) is 32.8 Å². The minimum Gasteiger partial charge on any atom is -0.380 e. The number of nitrogens with zero attached hydrogens (tertiary/aromatic N) is 2. The maximum Gasteiger partial charge on any atom is 0.191 e. The molecule has 0 bridgehead atoms. The van der Waals surface area contributed by atoms with Crippen LogP contribution in [0.2, 0.25) is 0 Å². The van der Waals surface area contributed by atoms with Crippen LogP contribution in [0.3, 0.4) is 0 Å². The summed E-state index contributed by atoms with van der Waals surface area (Å²) >= 11 is 0. The SMILES string of the molecule is CCOCCNC(=NC)NCC(C(CC)CC)N1CCCC1. The Morgan fingerprint density at radius 3 is 2.36 bits per heavy atom. The van der Waals surface area contributed by atoms with Gasteiger partial charge in [0.15, 0.2) is 5.96 Å². The van der Waals surface area contributed by atoms with Gasteiger partial charge in [-0.1, -0.05) is 26.7 Å². The monoisotopic (exact) mass is 312 g/mol. The van der Waals surface area contributed by atoms with Crippen LogP contribution >= 0.6 is 0 Å². The Morgan fingerprint density at radius 2 is 1.82 bits per heavy atom. The second-order valence-corrected chi connectivity index (χ2v) is 5.96. The predicted molar refractivity (Wildman–Crippen MR) is 94.5 cm³/mol. The zero-order chi connectivity index (χ0) is 16.2. The van der Waals surface area contributed by atoms with Crippen LogP contribution in [-0.2, 0) is 4.74 Å². The maximum atomic E-state index is 5.35. The third-order valence-corrected chi connectivity index (χ3v) is 4.65. The number of likely N-dealkylation sites (tertiary alicyclic amines) is 1. The minimum absolute atomic E-state index is 0.614. The van der Waals surface area contributed by atoms with Gasteiger partial charge in [0.05, 0.1) is 6.61 Å². The summed E-state index contributed by atoms with van der Waals surface area (Å²) in [5.41, 5.74) is 0. The van der Waals surface area contributed by atoms with Crippen molar-refractivity contribution in [3.8, 4) is 0 Å². The summed E-state index contributed by atoms with van der Waals surface area (Å²) in [5, 5.41) is 6.83. The molecule has 2 N–H and O–H groups in total. The molecule has 1 unspecified atom stereocenters. The fourth-order valence-electron chi connectivity index (χ4n) is 3.31. The molecule has 0 amide bonds. The number of aliphatic imine (C=N–C) groups is 1. The normalized spacial score (nSPS) is 18.0. The lowest BCUT2D eigenvalue weighted by molar-refractivity contribution is 0.152. The van der Waals surface area contributed by atoms with Gasteiger partial charge in [0.1, 0.15) is 0 Å². The molecule has 0 saturated carbocycles. The van der Waals surface area contributed by atoms with Crippen molar-refractivity contribution in [3.05, 3.63) is 0 Å². The van der Waals surface area contributed by atoms with Crippen LogP contribution in [0.25, 0.3) is 0 Å². The molecule has 1 atom stereocenters. The number of hydrogen-bond acceptors (Lipinski definition) is 3. The van der Waals surface area contributed by atoms with Crippen LogP contribution in [0.4, 0.5) is 0 Å². The van der Waals surface area contributed by atoms with Gasteiger partial charge in [-0.05, 0) is 38.8 Å². The van der Waals surface area contributed by atoms with Gasteiger partial charge in [-0.15, -0.1) is 0 Å². The van der Waals surface area contributed by atoms with E-state index >= 15 is 0 Å². The topological polar surface area (TPSA) is 48.9 Å². The zero-order valence-electron chi connectivity index (χ0n) is 15.0. The van der Waals surface area contributed by atoms with Gasteiger partial charge in [-0.25, -0.2) is 0 Å². The molecule has 0 aromatic carbocycles. The molecule has 22 heavy (non-hydrogen) atoms. The first kappa shape index (κ1) is 19.2. The van der Waals surface area contributed by atoms with Crippen molar-refractivity contribution in [1.82, 2.24) is 15.5 Å². The quantitative estimate of drug-likeness (QED) is 0.368. The van der Waals surface area contributed by atoms with Crippen LogP contribution < -0.4 is 10.6 Å². The maximum absolute atomic E-state index is 5.35. The van der Waals surface area contributed by atoms with Crippen LogP contribution in [0.1, 0.15) is 46.5 Å². The van der Waals surface area contributed by atoms with Crippen LogP contribution in [0.15, 0.2) is 4.99 Å². The average molecular weight is 313 g/mol. The van der Waals surface area contributed by atoms with Crippen molar-refractivity contribution < 1.29 is 4.74 Å². The molecule has 0 aromatic rings. The second kappa shape index (κ2) is 11.7. The predicted octanol–water partition coefficient (Wildman–Crippen LogP) is 2.09. The van der Waals surface area contributed by atoms with Gasteiger partial charge >= 0.3 is 0 Å². The molecular weight excluding hydrogens is 276 g/mol. The molecule has 0 radical (unpaired) electrons. The van der Waals surface area contributed by atoms with E-state index in [4.69, 9.17) is 4.74 Å². The first-order chi connectivity index (χ1) is 10.8. The molecule has 1 aliphatic heterocycles. The minimum atomic E-state index is 0.614. The van der Waals surface area contributed by atoms with E-state index in [1.165, 1.54) is 38.8 Å². The zero-order valence-corrected chi connectivity index (χ0v) is 15.0. The van der Waals surface area contributed by atoms with Crippen LogP contribution in [0.5, 0.6) is 0 Å². The first-order valence-electron chi connectivity index (χ1n) is 9.03. The van der Waals surface area contributed by atoms with Gasteiger partial charge < -0.3 is 15.4 Å². The summed E-state index contributed by atoms with van der Waals surface area (Å²) in [7, 11) is 1.83. The number of nitrogens with one attached hydrogen (secondary N) is 2. The number of hydrogen-bond donors (Lipinski definition) is 2. The van der Waals surface area contributed by atoms with E-state index in [1.807, 2.05) is 14.0 Å². The molecule has 130 valence electrons. The van der Waals surface area contributed by atoms with Crippen molar-refractivity contribution in [2.24, 2.45) is 10.9 Å². The summed E-state index contributed by atoms with van der Waals surface area (Å²) in [6.07, 6.45) is 5.18. The Bertz CT molecular complexity index is 297. The molecule has 1 heterocycles. The smallest absolute Gasteiger partial charge is 0.191 e. The Balaban J connectivity index is 2.46. The van der Waals surface area contributed by atoms with Crippen molar-refractivity contribution in [2.75, 3.05) is 46.4 Å². The fourth-order valence-corrected chi connectivity index (χ4v) is 3.31. The first-order valence-corrected chi connectivity index (χ1v) is 9.03. The third kappa shape index (κ3) is 6.53. The van der Waals surface area contributed by atoms with Gasteiger partial charge in [0.25, 0.3) is 0 Å². The molecule has 0 spiro atoms. The van der Waals surface area contributed by atoms with Crippen molar-refractivity contribution in [1.29, 1.82) is 0 Å². The summed E-state index contributed by atoms with van der Waals surface area (Å²) in [5.74, 6) is 1.64. The molecule has 0 aromatic heterocycles. The molecule has 1 aliphatic rings. The number of rotatable bonds is 10. The second-order valence-electron chi connectivity index (χ2n) is 5.96. The lowest BCUT2D eigenvalue weighted by Gasteiger charge is -2.34. The van der Waals surface area contributed by atoms with E-state index in [0.29, 0.717) is 6.04 Å². The molecule has 0 aliphatic carbocycles. The summed E-state index contributed by atoms with van der Waals surface area (Å²) < 4.78 is 5.35. The Labute approximate surface area is 136 Å². The largest absolute Gasteiger partial charge is 0.380 e. The van der Waals surface area contributed by atoms with E-state index in [2.05, 4.69) is 34.4 Å². The van der Waals surface area contributed by atoms with Crippen molar-refractivity contribution in [3.63, 3.8) is 0 Å². The highest BCUT2D eigenvalue weighted by Gasteiger charge is 2.27. The number of guanidine groups is 1. The molecule has 5 heteroatoms. The molecule has 1 saturated heterocycles. The highest BCUT2D eigenvalue weighted by atomic mass is 16.5. The van der Waals surface area contributed by atoms with E-state index < -0.39 is 0 Å². The summed E-state index contributed by atoms with van der Waals surface area (Å²) in [4.78, 5) is 6.98. The standard InChI is InChI=1S/C17H36N4O/c1-5-15(6-2)16(21-11-8-9-12-21)14-20-17(18-4)19-10-13-22-7-3/h15-16H,5-14H2,1-4H3,(H2,18,19,20). The van der Waals surface area contributed by atoms with Crippen LogP contribution in [-0.4, -0.2) is 63.3 Å². The average Bonchev–Trinajstić information content (AvgIpc) is 3.07. The van der Waals surface area contributed by atoms with E-state index in [-0.39, 0.29) is 0 Å². The van der Waals surface area contributed by atoms with Crippen LogP contribution in [0, 0.1) is 5.92 Å². The Kier molecular flexibility index (Phi) is 10.2. The molecule has 1 rings (SSSR count). The highest BCUT2D eigenvalue weighted by Crippen LogP contribution is 2.22. The van der Waals surface area contributed by atoms with E-state index in [9.17, 15) is 0 Å².